The summed E-state index contributed by atoms with van der Waals surface area (Å²) < 4.78 is 0. The summed E-state index contributed by atoms with van der Waals surface area (Å²) in [6.07, 6.45) is 0. The average molecular weight is 164 g/mol. The van der Waals surface area contributed by atoms with E-state index in [4.69, 9.17) is 0 Å². The van der Waals surface area contributed by atoms with Crippen molar-refractivity contribution in [3.8, 4) is 0 Å². The maximum Gasteiger partial charge on any atom is 0.0643 e. The van der Waals surface area contributed by atoms with Crippen molar-refractivity contribution in [3.63, 3.8) is 0 Å². The molecule has 0 nitrogen and oxygen atoms in total. The smallest absolute Gasteiger partial charge is 0.0643 e. The molecule has 50 valence electrons. The van der Waals surface area contributed by atoms with Gasteiger partial charge in [-0.2, -0.15) is 0 Å². The predicted octanol–water partition coefficient (Wildman–Crippen LogP) is 2.48. The molecule has 0 aliphatic carbocycles. The van der Waals surface area contributed by atoms with Crippen LogP contribution < -0.4 is 0 Å². The third kappa shape index (κ3) is 6.86. The standard InChI is InChI=1S/C5H17PSi2/c1-7(2)6-8(3,4)5/h6-7H,1-5H3. The second-order valence-electron chi connectivity index (χ2n) is 3.55. The summed E-state index contributed by atoms with van der Waals surface area (Å²) in [5.41, 5.74) is 0. The van der Waals surface area contributed by atoms with Gasteiger partial charge in [-0.3, -0.25) is 0 Å². The van der Waals surface area contributed by atoms with Gasteiger partial charge in [0, 0.05) is 0 Å². The molecule has 0 amide bonds. The van der Waals surface area contributed by atoms with Crippen LogP contribution in [0.4, 0.5) is 0 Å². The third-order valence-electron chi connectivity index (χ3n) is 0.722. The van der Waals surface area contributed by atoms with E-state index < -0.39 is 7.74 Å². The largest absolute Gasteiger partial charge is 0.148 e. The summed E-state index contributed by atoms with van der Waals surface area (Å²) in [6.45, 7) is 12.3. The van der Waals surface area contributed by atoms with Crippen molar-refractivity contribution < 1.29 is 0 Å². The van der Waals surface area contributed by atoms with Crippen molar-refractivity contribution in [1.82, 2.24) is 0 Å². The summed E-state index contributed by atoms with van der Waals surface area (Å²) in [5, 5.41) is 0. The first-order chi connectivity index (χ1) is 3.42. The molecule has 0 spiro atoms. The van der Waals surface area contributed by atoms with Gasteiger partial charge >= 0.3 is 0 Å². The van der Waals surface area contributed by atoms with Crippen LogP contribution >= 0.6 is 7.68 Å². The molecule has 0 rings (SSSR count). The Morgan fingerprint density at radius 2 is 1.50 bits per heavy atom. The minimum atomic E-state index is -0.631. The van der Waals surface area contributed by atoms with Crippen LogP contribution in [0, 0.1) is 0 Å². The Kier molecular flexibility index (Phi) is 3.48. The van der Waals surface area contributed by atoms with Crippen LogP contribution in [-0.4, -0.2) is 16.2 Å². The van der Waals surface area contributed by atoms with Crippen LogP contribution in [-0.2, 0) is 0 Å². The first-order valence-corrected chi connectivity index (χ1v) is 12.8. The normalized spacial score (nSPS) is 14.2. The lowest BCUT2D eigenvalue weighted by Crippen LogP contribution is -2.16. The van der Waals surface area contributed by atoms with Gasteiger partial charge in [-0.25, -0.2) is 0 Å². The summed E-state index contributed by atoms with van der Waals surface area (Å²) in [7, 11) is 0.539. The van der Waals surface area contributed by atoms with Crippen molar-refractivity contribution in [2.45, 2.75) is 32.7 Å². The van der Waals surface area contributed by atoms with Crippen LogP contribution in [0.3, 0.4) is 0 Å². The highest BCUT2D eigenvalue weighted by Crippen LogP contribution is 2.28. The fourth-order valence-electron chi connectivity index (χ4n) is 0.866. The SMILES string of the molecule is C[SiH](C)P[Si](C)(C)C. The highest BCUT2D eigenvalue weighted by Gasteiger charge is 2.13. The lowest BCUT2D eigenvalue weighted by molar-refractivity contribution is 1.87. The molecule has 0 aromatic heterocycles. The van der Waals surface area contributed by atoms with E-state index in [-0.39, 0.29) is 8.46 Å². The van der Waals surface area contributed by atoms with Gasteiger partial charge in [-0.1, -0.05) is 32.7 Å². The molecule has 0 aliphatic rings. The third-order valence-corrected chi connectivity index (χ3v) is 19.5. The maximum atomic E-state index is 2.47. The van der Waals surface area contributed by atoms with Crippen LogP contribution in [0.15, 0.2) is 0 Å². The Labute approximate surface area is 57.2 Å². The molecule has 0 radical (unpaired) electrons. The molecular formula is C5H17PSi2. The van der Waals surface area contributed by atoms with Gasteiger partial charge in [-0.05, 0) is 0 Å². The molecule has 8 heavy (non-hydrogen) atoms. The van der Waals surface area contributed by atoms with Gasteiger partial charge in [-0.15, -0.1) is 7.68 Å². The van der Waals surface area contributed by atoms with Crippen molar-refractivity contribution >= 4 is 23.9 Å². The Bertz CT molecular complexity index is 65.3. The van der Waals surface area contributed by atoms with Gasteiger partial charge in [0.1, 0.15) is 0 Å². The minimum absolute atomic E-state index is 0.206. The molecule has 0 bridgehead atoms. The monoisotopic (exact) mass is 164 g/mol. The summed E-state index contributed by atoms with van der Waals surface area (Å²) in [4.78, 5) is 0. The molecule has 0 fully saturated rings. The molecular weight excluding hydrogens is 147 g/mol. The molecule has 0 aromatic rings. The van der Waals surface area contributed by atoms with Crippen molar-refractivity contribution in [2.75, 3.05) is 0 Å². The highest BCUT2D eigenvalue weighted by molar-refractivity contribution is 8.03. The van der Waals surface area contributed by atoms with E-state index in [1.54, 1.807) is 0 Å². The molecule has 0 heterocycles. The zero-order valence-electron chi connectivity index (χ0n) is 6.58. The molecule has 0 saturated carbocycles. The van der Waals surface area contributed by atoms with E-state index >= 15 is 0 Å². The second-order valence-corrected chi connectivity index (χ2v) is 22.1. The summed E-state index contributed by atoms with van der Waals surface area (Å²) in [6, 6.07) is 0. The van der Waals surface area contributed by atoms with E-state index in [2.05, 4.69) is 32.7 Å². The summed E-state index contributed by atoms with van der Waals surface area (Å²) >= 11 is 0. The number of hydrogen-bond donors (Lipinski definition) is 0. The van der Waals surface area contributed by atoms with Crippen molar-refractivity contribution in [1.29, 1.82) is 0 Å². The van der Waals surface area contributed by atoms with Crippen molar-refractivity contribution in [2.24, 2.45) is 0 Å². The van der Waals surface area contributed by atoms with Gasteiger partial charge in [0.2, 0.25) is 0 Å². The molecule has 0 saturated heterocycles. The fraction of sp³-hybridized carbons (Fsp3) is 1.00. The van der Waals surface area contributed by atoms with Crippen molar-refractivity contribution in [3.05, 3.63) is 0 Å². The molecule has 1 unspecified atom stereocenters. The molecule has 3 heteroatoms. The molecule has 0 N–H and O–H groups in total. The summed E-state index contributed by atoms with van der Waals surface area (Å²) in [5.74, 6) is 0. The Morgan fingerprint density at radius 1 is 1.12 bits per heavy atom. The molecule has 0 aromatic carbocycles. The van der Waals surface area contributed by atoms with E-state index in [9.17, 15) is 0 Å². The zero-order chi connectivity index (χ0) is 6.78. The zero-order valence-corrected chi connectivity index (χ0v) is 9.73. The quantitative estimate of drug-likeness (QED) is 0.434. The molecule has 1 atom stereocenters. The van der Waals surface area contributed by atoms with E-state index in [0.29, 0.717) is 0 Å². The topological polar surface area (TPSA) is 0 Å². The van der Waals surface area contributed by atoms with Crippen LogP contribution in [0.25, 0.3) is 0 Å². The maximum absolute atomic E-state index is 2.47. The highest BCUT2D eigenvalue weighted by atomic mass is 31.6. The predicted molar refractivity (Wildman–Crippen MR) is 50.5 cm³/mol. The first-order valence-electron chi connectivity index (χ1n) is 3.19. The van der Waals surface area contributed by atoms with E-state index in [0.717, 1.165) is 0 Å². The first kappa shape index (κ1) is 8.86. The Morgan fingerprint density at radius 3 is 1.50 bits per heavy atom. The second kappa shape index (κ2) is 3.14. The van der Waals surface area contributed by atoms with Gasteiger partial charge in [0.15, 0.2) is 0 Å². The lowest BCUT2D eigenvalue weighted by Gasteiger charge is -2.17. The van der Waals surface area contributed by atoms with Crippen LogP contribution in [0.2, 0.25) is 32.7 Å². The van der Waals surface area contributed by atoms with Crippen LogP contribution in [0.5, 0.6) is 0 Å². The van der Waals surface area contributed by atoms with Gasteiger partial charge in [0.25, 0.3) is 0 Å². The number of rotatable bonds is 2. The minimum Gasteiger partial charge on any atom is -0.148 e. The Balaban J connectivity index is 3.39. The fourth-order valence-corrected chi connectivity index (χ4v) is 23.4. The lowest BCUT2D eigenvalue weighted by atomic mass is 11.8. The van der Waals surface area contributed by atoms with E-state index in [1.165, 1.54) is 7.68 Å². The Hall–Kier alpha value is 0.864. The van der Waals surface area contributed by atoms with E-state index in [1.807, 2.05) is 0 Å². The van der Waals surface area contributed by atoms with Gasteiger partial charge in [0.05, 0.1) is 16.2 Å². The van der Waals surface area contributed by atoms with Crippen LogP contribution in [0.1, 0.15) is 0 Å². The number of hydrogen-bond acceptors (Lipinski definition) is 0. The molecule has 0 aliphatic heterocycles. The van der Waals surface area contributed by atoms with Gasteiger partial charge < -0.3 is 0 Å². The average Bonchev–Trinajstić information content (AvgIpc) is 1.21.